The molecule has 0 radical (unpaired) electrons. The van der Waals surface area contributed by atoms with Crippen molar-refractivity contribution in [1.82, 2.24) is 0 Å². The summed E-state index contributed by atoms with van der Waals surface area (Å²) >= 11 is 5.84. The van der Waals surface area contributed by atoms with Gasteiger partial charge in [0.05, 0.1) is 0 Å². The van der Waals surface area contributed by atoms with E-state index >= 15 is 0 Å². The molecule has 22 heavy (non-hydrogen) atoms. The highest BCUT2D eigenvalue weighted by Gasteiger charge is 2.10. The van der Waals surface area contributed by atoms with E-state index in [1.165, 1.54) is 0 Å². The Labute approximate surface area is 134 Å². The van der Waals surface area contributed by atoms with Crippen LogP contribution in [0.5, 0.6) is 0 Å². The van der Waals surface area contributed by atoms with Crippen molar-refractivity contribution < 1.29 is 9.59 Å². The van der Waals surface area contributed by atoms with Gasteiger partial charge < -0.3 is 10.6 Å². The third-order valence-corrected chi connectivity index (χ3v) is 3.17. The average Bonchev–Trinajstić information content (AvgIpc) is 2.36. The van der Waals surface area contributed by atoms with Crippen molar-refractivity contribution in [3.63, 3.8) is 0 Å². The molecule has 0 fully saturated rings. The fourth-order valence-corrected chi connectivity index (χ4v) is 2.36. The lowest BCUT2D eigenvalue weighted by Crippen LogP contribution is -2.21. The Morgan fingerprint density at radius 2 is 1.50 bits per heavy atom. The van der Waals surface area contributed by atoms with E-state index in [-0.39, 0.29) is 18.2 Å². The van der Waals surface area contributed by atoms with Crippen LogP contribution in [-0.2, 0) is 9.59 Å². The Hall–Kier alpha value is -2.33. The number of benzene rings is 2. The first kappa shape index (κ1) is 16.0. The molecule has 0 spiro atoms. The summed E-state index contributed by atoms with van der Waals surface area (Å²) in [6, 6.07) is 12.5. The number of carbonyl (C=O) groups excluding carboxylic acids is 2. The van der Waals surface area contributed by atoms with Crippen molar-refractivity contribution in [2.24, 2.45) is 0 Å². The molecule has 0 heterocycles. The fourth-order valence-electron chi connectivity index (χ4n) is 2.17. The molecule has 0 bridgehead atoms. The lowest BCUT2D eigenvalue weighted by molar-refractivity contribution is -0.123. The van der Waals surface area contributed by atoms with Gasteiger partial charge in [0.1, 0.15) is 6.42 Å². The Morgan fingerprint density at radius 1 is 0.909 bits per heavy atom. The number of hydrogen-bond donors (Lipinski definition) is 2. The lowest BCUT2D eigenvalue weighted by Gasteiger charge is -2.08. The van der Waals surface area contributed by atoms with Crippen molar-refractivity contribution in [1.29, 1.82) is 0 Å². The second-order valence-electron chi connectivity index (χ2n) is 5.16. The van der Waals surface area contributed by atoms with Crippen molar-refractivity contribution in [2.45, 2.75) is 20.3 Å². The van der Waals surface area contributed by atoms with Crippen LogP contribution in [0.1, 0.15) is 17.5 Å². The van der Waals surface area contributed by atoms with Gasteiger partial charge in [-0.2, -0.15) is 0 Å². The number of halogens is 1. The van der Waals surface area contributed by atoms with Crippen LogP contribution in [0, 0.1) is 13.8 Å². The predicted octanol–water partition coefficient (Wildman–Crippen LogP) is 3.92. The fraction of sp³-hybridized carbons (Fsp3) is 0.176. The zero-order chi connectivity index (χ0) is 16.1. The van der Waals surface area contributed by atoms with Crippen molar-refractivity contribution in [3.05, 3.63) is 58.6 Å². The minimum atomic E-state index is -0.385. The van der Waals surface area contributed by atoms with Gasteiger partial charge in [-0.1, -0.05) is 23.7 Å². The Kier molecular flexibility index (Phi) is 5.17. The molecule has 0 saturated carbocycles. The van der Waals surface area contributed by atoms with Crippen LogP contribution in [0.4, 0.5) is 11.4 Å². The molecular weight excluding hydrogens is 300 g/mol. The third kappa shape index (κ3) is 4.90. The van der Waals surface area contributed by atoms with E-state index < -0.39 is 0 Å². The first-order chi connectivity index (χ1) is 10.4. The summed E-state index contributed by atoms with van der Waals surface area (Å²) in [5.74, 6) is -0.742. The summed E-state index contributed by atoms with van der Waals surface area (Å²) in [6.45, 7) is 3.91. The summed E-state index contributed by atoms with van der Waals surface area (Å²) in [4.78, 5) is 23.7. The summed E-state index contributed by atoms with van der Waals surface area (Å²) in [5.41, 5.74) is 3.37. The molecule has 0 aliphatic carbocycles. The number of carbonyl (C=O) groups is 2. The van der Waals surface area contributed by atoms with Gasteiger partial charge in [0.2, 0.25) is 11.8 Å². The van der Waals surface area contributed by atoms with Gasteiger partial charge in [-0.3, -0.25) is 9.59 Å². The van der Waals surface area contributed by atoms with Gasteiger partial charge in [0, 0.05) is 16.4 Å². The minimum Gasteiger partial charge on any atom is -0.326 e. The first-order valence-corrected chi connectivity index (χ1v) is 7.24. The van der Waals surface area contributed by atoms with E-state index in [4.69, 9.17) is 11.6 Å². The molecule has 0 aliphatic rings. The molecule has 0 aromatic heterocycles. The molecule has 2 N–H and O–H groups in total. The van der Waals surface area contributed by atoms with Gasteiger partial charge in [0.25, 0.3) is 0 Å². The molecule has 2 aromatic rings. The standard InChI is InChI=1S/C17H17ClN2O2/c1-11-6-12(2)8-15(7-11)20-17(22)10-16(21)19-14-5-3-4-13(18)9-14/h3-9H,10H2,1-2H3,(H,19,21)(H,20,22). The first-order valence-electron chi connectivity index (χ1n) is 6.86. The van der Waals surface area contributed by atoms with Gasteiger partial charge in [-0.15, -0.1) is 0 Å². The maximum atomic E-state index is 11.9. The molecule has 2 amide bonds. The third-order valence-electron chi connectivity index (χ3n) is 2.93. The van der Waals surface area contributed by atoms with Crippen LogP contribution < -0.4 is 10.6 Å². The normalized spacial score (nSPS) is 10.1. The summed E-state index contributed by atoms with van der Waals surface area (Å²) in [5, 5.41) is 5.89. The van der Waals surface area contributed by atoms with Crippen LogP contribution >= 0.6 is 11.6 Å². The van der Waals surface area contributed by atoms with E-state index in [0.29, 0.717) is 16.4 Å². The highest BCUT2D eigenvalue weighted by atomic mass is 35.5. The van der Waals surface area contributed by atoms with Gasteiger partial charge in [-0.25, -0.2) is 0 Å². The predicted molar refractivity (Wildman–Crippen MR) is 89.2 cm³/mol. The topological polar surface area (TPSA) is 58.2 Å². The molecule has 5 heteroatoms. The molecule has 114 valence electrons. The maximum absolute atomic E-state index is 11.9. The molecule has 4 nitrogen and oxygen atoms in total. The molecule has 0 saturated heterocycles. The number of amides is 2. The maximum Gasteiger partial charge on any atom is 0.233 e. The van der Waals surface area contributed by atoms with Gasteiger partial charge in [0.15, 0.2) is 0 Å². The van der Waals surface area contributed by atoms with Crippen LogP contribution in [0.3, 0.4) is 0 Å². The number of anilines is 2. The Morgan fingerprint density at radius 3 is 2.09 bits per heavy atom. The SMILES string of the molecule is Cc1cc(C)cc(NC(=O)CC(=O)Nc2cccc(Cl)c2)c1. The molecule has 0 atom stereocenters. The Bertz CT molecular complexity index is 693. The molecular formula is C17H17ClN2O2. The summed E-state index contributed by atoms with van der Waals surface area (Å²) in [6.07, 6.45) is -0.250. The molecule has 0 unspecified atom stereocenters. The van der Waals surface area contributed by atoms with Gasteiger partial charge in [-0.05, 0) is 55.3 Å². The van der Waals surface area contributed by atoms with Crippen LogP contribution in [0.25, 0.3) is 0 Å². The van der Waals surface area contributed by atoms with Crippen LogP contribution in [-0.4, -0.2) is 11.8 Å². The molecule has 0 aliphatic heterocycles. The van der Waals surface area contributed by atoms with E-state index in [2.05, 4.69) is 10.6 Å². The average molecular weight is 317 g/mol. The minimum absolute atomic E-state index is 0.250. The smallest absolute Gasteiger partial charge is 0.233 e. The number of nitrogens with one attached hydrogen (secondary N) is 2. The van der Waals surface area contributed by atoms with Crippen molar-refractivity contribution in [3.8, 4) is 0 Å². The van der Waals surface area contributed by atoms with Crippen LogP contribution in [0.2, 0.25) is 5.02 Å². The highest BCUT2D eigenvalue weighted by Crippen LogP contribution is 2.16. The molecule has 2 rings (SSSR count). The van der Waals surface area contributed by atoms with E-state index in [1.807, 2.05) is 32.0 Å². The second-order valence-corrected chi connectivity index (χ2v) is 5.60. The Balaban J connectivity index is 1.92. The van der Waals surface area contributed by atoms with Crippen LogP contribution in [0.15, 0.2) is 42.5 Å². The van der Waals surface area contributed by atoms with Crippen molar-refractivity contribution in [2.75, 3.05) is 10.6 Å². The quantitative estimate of drug-likeness (QED) is 0.840. The number of hydrogen-bond acceptors (Lipinski definition) is 2. The van der Waals surface area contributed by atoms with Crippen molar-refractivity contribution >= 4 is 34.8 Å². The monoisotopic (exact) mass is 316 g/mol. The summed E-state index contributed by atoms with van der Waals surface area (Å²) < 4.78 is 0. The molecule has 2 aromatic carbocycles. The van der Waals surface area contributed by atoms with E-state index in [9.17, 15) is 9.59 Å². The second kappa shape index (κ2) is 7.09. The van der Waals surface area contributed by atoms with E-state index in [1.54, 1.807) is 24.3 Å². The summed E-state index contributed by atoms with van der Waals surface area (Å²) in [7, 11) is 0. The van der Waals surface area contributed by atoms with E-state index in [0.717, 1.165) is 11.1 Å². The zero-order valence-electron chi connectivity index (χ0n) is 12.4. The van der Waals surface area contributed by atoms with Gasteiger partial charge >= 0.3 is 0 Å². The largest absolute Gasteiger partial charge is 0.326 e. The zero-order valence-corrected chi connectivity index (χ0v) is 13.2. The number of rotatable bonds is 4. The number of aryl methyl sites for hydroxylation is 2. The highest BCUT2D eigenvalue weighted by molar-refractivity contribution is 6.30. The lowest BCUT2D eigenvalue weighted by atomic mass is 10.1.